The van der Waals surface area contributed by atoms with E-state index in [-0.39, 0.29) is 0 Å². The van der Waals surface area contributed by atoms with E-state index in [1.165, 1.54) is 0 Å². The Morgan fingerprint density at radius 1 is 1.00 bits per heavy atom. The summed E-state index contributed by atoms with van der Waals surface area (Å²) in [4.78, 5) is 17.0. The molecule has 0 saturated heterocycles. The summed E-state index contributed by atoms with van der Waals surface area (Å²) in [5.41, 5.74) is 1.96. The van der Waals surface area contributed by atoms with Gasteiger partial charge in [0.25, 0.3) is 5.91 Å². The molecule has 1 aromatic heterocycles. The summed E-state index contributed by atoms with van der Waals surface area (Å²) in [5.74, 6) is 0.135. The number of nitrogens with zero attached hydrogens (tertiary/aromatic N) is 1. The van der Waals surface area contributed by atoms with Crippen LogP contribution in [0.25, 0.3) is 0 Å². The maximum atomic E-state index is 12.7. The third-order valence-electron chi connectivity index (χ3n) is 4.08. The highest BCUT2D eigenvalue weighted by atomic mass is 16.5. The monoisotopic (exact) mass is 348 g/mol. The number of aliphatic hydroxyl groups excluding tert-OH is 1. The highest BCUT2D eigenvalue weighted by molar-refractivity contribution is 5.82. The van der Waals surface area contributed by atoms with Gasteiger partial charge in [0.1, 0.15) is 11.8 Å². The van der Waals surface area contributed by atoms with E-state index in [4.69, 9.17) is 4.74 Å². The van der Waals surface area contributed by atoms with Crippen molar-refractivity contribution in [3.63, 3.8) is 0 Å². The molecule has 5 heteroatoms. The van der Waals surface area contributed by atoms with Gasteiger partial charge in [-0.2, -0.15) is 0 Å². The molecule has 0 aliphatic heterocycles. The first-order valence-corrected chi connectivity index (χ1v) is 8.28. The number of rotatable bonds is 6. The quantitative estimate of drug-likeness (QED) is 0.718. The van der Waals surface area contributed by atoms with E-state index in [9.17, 15) is 9.90 Å². The van der Waals surface area contributed by atoms with E-state index in [1.807, 2.05) is 48.5 Å². The number of nitrogens with one attached hydrogen (secondary N) is 1. The predicted octanol–water partition coefficient (Wildman–Crippen LogP) is 3.03. The van der Waals surface area contributed by atoms with E-state index in [0.717, 1.165) is 5.56 Å². The van der Waals surface area contributed by atoms with E-state index in [0.29, 0.717) is 17.0 Å². The molecule has 0 fully saturated rings. The minimum Gasteiger partial charge on any atom is -0.496 e. The average Bonchev–Trinajstić information content (AvgIpc) is 2.72. The Balaban J connectivity index is 1.93. The average molecular weight is 348 g/mol. The fraction of sp³-hybridized carbons (Fsp3) is 0.143. The third kappa shape index (κ3) is 3.90. The molecule has 1 amide bonds. The van der Waals surface area contributed by atoms with Crippen LogP contribution >= 0.6 is 0 Å². The maximum absolute atomic E-state index is 12.7. The highest BCUT2D eigenvalue weighted by Crippen LogP contribution is 2.29. The molecule has 2 atom stereocenters. The smallest absolute Gasteiger partial charge is 0.254 e. The zero-order chi connectivity index (χ0) is 18.4. The summed E-state index contributed by atoms with van der Waals surface area (Å²) >= 11 is 0. The number of methoxy groups -OCH3 is 1. The van der Waals surface area contributed by atoms with Gasteiger partial charge in [0.2, 0.25) is 0 Å². The van der Waals surface area contributed by atoms with Crippen molar-refractivity contribution in [2.75, 3.05) is 7.11 Å². The number of ether oxygens (including phenoxy) is 1. The van der Waals surface area contributed by atoms with Gasteiger partial charge in [0, 0.05) is 11.8 Å². The topological polar surface area (TPSA) is 71.5 Å². The van der Waals surface area contributed by atoms with Crippen LogP contribution in [-0.2, 0) is 4.79 Å². The van der Waals surface area contributed by atoms with Crippen LogP contribution in [0.5, 0.6) is 5.75 Å². The Morgan fingerprint density at radius 3 is 2.38 bits per heavy atom. The first-order chi connectivity index (χ1) is 12.7. The fourth-order valence-electron chi connectivity index (χ4n) is 2.77. The van der Waals surface area contributed by atoms with Gasteiger partial charge in [0.05, 0.1) is 12.8 Å². The molecule has 5 nitrogen and oxygen atoms in total. The molecule has 0 bridgehead atoms. The summed E-state index contributed by atoms with van der Waals surface area (Å²) in [6.07, 6.45) is 0.398. The molecular formula is C21H20N2O3. The lowest BCUT2D eigenvalue weighted by Crippen LogP contribution is -2.34. The SMILES string of the molecule is COc1ccccc1[C@H](NC(=O)[C@H](O)c1ccccc1)c1ccccn1. The van der Waals surface area contributed by atoms with Crippen LogP contribution in [0.1, 0.15) is 29.0 Å². The van der Waals surface area contributed by atoms with Gasteiger partial charge in [-0.15, -0.1) is 0 Å². The van der Waals surface area contributed by atoms with Gasteiger partial charge in [-0.05, 0) is 23.8 Å². The number of carbonyl (C=O) groups excluding carboxylic acids is 1. The molecule has 0 aliphatic carbocycles. The van der Waals surface area contributed by atoms with E-state index in [1.54, 1.807) is 37.6 Å². The molecule has 0 aliphatic rings. The first-order valence-electron chi connectivity index (χ1n) is 8.28. The lowest BCUT2D eigenvalue weighted by molar-refractivity contribution is -0.130. The third-order valence-corrected chi connectivity index (χ3v) is 4.08. The second-order valence-corrected chi connectivity index (χ2v) is 5.75. The van der Waals surface area contributed by atoms with E-state index >= 15 is 0 Å². The molecule has 3 rings (SSSR count). The highest BCUT2D eigenvalue weighted by Gasteiger charge is 2.25. The summed E-state index contributed by atoms with van der Waals surface area (Å²) < 4.78 is 5.43. The minimum absolute atomic E-state index is 0.502. The Bertz CT molecular complexity index is 853. The molecule has 0 spiro atoms. The molecule has 132 valence electrons. The van der Waals surface area contributed by atoms with Crippen molar-refractivity contribution < 1.29 is 14.6 Å². The number of hydrogen-bond donors (Lipinski definition) is 2. The summed E-state index contributed by atoms with van der Waals surface area (Å²) in [6.45, 7) is 0. The van der Waals surface area contributed by atoms with Crippen LogP contribution in [0.15, 0.2) is 79.0 Å². The molecule has 0 saturated carbocycles. The minimum atomic E-state index is -1.27. The van der Waals surface area contributed by atoms with Gasteiger partial charge >= 0.3 is 0 Å². The van der Waals surface area contributed by atoms with Crippen molar-refractivity contribution in [3.05, 3.63) is 95.8 Å². The van der Waals surface area contributed by atoms with Gasteiger partial charge in [-0.1, -0.05) is 54.6 Å². The zero-order valence-electron chi connectivity index (χ0n) is 14.4. The van der Waals surface area contributed by atoms with Crippen molar-refractivity contribution in [2.24, 2.45) is 0 Å². The molecule has 3 aromatic rings. The van der Waals surface area contributed by atoms with Crippen LogP contribution < -0.4 is 10.1 Å². The molecule has 26 heavy (non-hydrogen) atoms. The van der Waals surface area contributed by atoms with Gasteiger partial charge < -0.3 is 15.2 Å². The zero-order valence-corrected chi connectivity index (χ0v) is 14.4. The van der Waals surface area contributed by atoms with Crippen molar-refractivity contribution in [1.29, 1.82) is 0 Å². The standard InChI is InChI=1S/C21H20N2O3/c1-26-18-13-6-5-11-16(18)19(17-12-7-8-14-22-17)23-21(25)20(24)15-9-3-2-4-10-15/h2-14,19-20,24H,1H3,(H,23,25)/t19-,20+/m0/s1. The van der Waals surface area contributed by atoms with Crippen molar-refractivity contribution in [3.8, 4) is 5.75 Å². The first kappa shape index (κ1) is 17.6. The number of aliphatic hydroxyl groups is 1. The second-order valence-electron chi connectivity index (χ2n) is 5.75. The molecular weight excluding hydrogens is 328 g/mol. The number of carbonyl (C=O) groups is 1. The van der Waals surface area contributed by atoms with Crippen molar-refractivity contribution in [2.45, 2.75) is 12.1 Å². The molecule has 0 radical (unpaired) electrons. The second kappa shape index (κ2) is 8.27. The number of hydrogen-bond acceptors (Lipinski definition) is 4. The number of benzene rings is 2. The lowest BCUT2D eigenvalue weighted by atomic mass is 10.0. The maximum Gasteiger partial charge on any atom is 0.254 e. The van der Waals surface area contributed by atoms with Crippen molar-refractivity contribution in [1.82, 2.24) is 10.3 Å². The summed E-state index contributed by atoms with van der Waals surface area (Å²) in [7, 11) is 1.58. The van der Waals surface area contributed by atoms with Crippen molar-refractivity contribution >= 4 is 5.91 Å². The summed E-state index contributed by atoms with van der Waals surface area (Å²) in [5, 5.41) is 13.3. The summed E-state index contributed by atoms with van der Waals surface area (Å²) in [6, 6.07) is 21.2. The number of amides is 1. The lowest BCUT2D eigenvalue weighted by Gasteiger charge is -2.22. The van der Waals surface area contributed by atoms with E-state index in [2.05, 4.69) is 10.3 Å². The largest absolute Gasteiger partial charge is 0.496 e. The Hall–Kier alpha value is -3.18. The molecule has 2 N–H and O–H groups in total. The fourth-order valence-corrected chi connectivity index (χ4v) is 2.77. The normalized spacial score (nSPS) is 12.8. The van der Waals surface area contributed by atoms with Crippen LogP contribution in [0.2, 0.25) is 0 Å². The Morgan fingerprint density at radius 2 is 1.69 bits per heavy atom. The van der Waals surface area contributed by atoms with Gasteiger partial charge in [-0.25, -0.2) is 0 Å². The van der Waals surface area contributed by atoms with Crippen LogP contribution in [0.4, 0.5) is 0 Å². The van der Waals surface area contributed by atoms with Crippen LogP contribution in [0.3, 0.4) is 0 Å². The Kier molecular flexibility index (Phi) is 5.61. The Labute approximate surface area is 152 Å². The molecule has 0 unspecified atom stereocenters. The van der Waals surface area contributed by atoms with Crippen LogP contribution in [0, 0.1) is 0 Å². The van der Waals surface area contributed by atoms with Gasteiger partial charge in [-0.3, -0.25) is 9.78 Å². The van der Waals surface area contributed by atoms with Gasteiger partial charge in [0.15, 0.2) is 6.10 Å². The van der Waals surface area contributed by atoms with E-state index < -0.39 is 18.1 Å². The predicted molar refractivity (Wildman–Crippen MR) is 98.6 cm³/mol. The molecule has 2 aromatic carbocycles. The number of pyridine rings is 1. The number of para-hydroxylation sites is 1. The number of aromatic nitrogens is 1. The van der Waals surface area contributed by atoms with Crippen LogP contribution in [-0.4, -0.2) is 23.1 Å². The molecule has 1 heterocycles.